The lowest BCUT2D eigenvalue weighted by Gasteiger charge is -2.32. The first kappa shape index (κ1) is 17.6. The van der Waals surface area contributed by atoms with Gasteiger partial charge >= 0.3 is 5.97 Å². The fraction of sp³-hybridized carbons (Fsp3) is 0.667. The third-order valence-corrected chi connectivity index (χ3v) is 5.09. The molecule has 0 atom stereocenters. The van der Waals surface area contributed by atoms with Crippen LogP contribution in [-0.4, -0.2) is 45.6 Å². The molecule has 0 bridgehead atoms. The minimum absolute atomic E-state index is 0.333. The zero-order chi connectivity index (χ0) is 18.0. The first-order valence-electron chi connectivity index (χ1n) is 9.26. The van der Waals surface area contributed by atoms with Crippen molar-refractivity contribution >= 4 is 22.8 Å². The molecule has 1 aliphatic heterocycles. The lowest BCUT2D eigenvalue weighted by Crippen LogP contribution is -2.34. The number of esters is 1. The molecule has 0 radical (unpaired) electrons. The van der Waals surface area contributed by atoms with Gasteiger partial charge in [-0.2, -0.15) is 0 Å². The van der Waals surface area contributed by atoms with Crippen molar-refractivity contribution in [3.63, 3.8) is 0 Å². The summed E-state index contributed by atoms with van der Waals surface area (Å²) >= 11 is 0. The monoisotopic (exact) mass is 345 g/mol. The fourth-order valence-corrected chi connectivity index (χ4v) is 3.59. The van der Waals surface area contributed by atoms with Crippen molar-refractivity contribution in [2.45, 2.75) is 53.5 Å². The van der Waals surface area contributed by atoms with Gasteiger partial charge in [-0.3, -0.25) is 0 Å². The number of hydrogen-bond acceptors (Lipinski definition) is 6. The van der Waals surface area contributed by atoms with Crippen molar-refractivity contribution in [3.8, 4) is 0 Å². The molecule has 0 saturated carbocycles. The molecule has 1 fully saturated rings. The molecule has 0 N–H and O–H groups in total. The Labute approximate surface area is 148 Å². The number of hydrogen-bond donors (Lipinski definition) is 0. The number of piperidine rings is 1. The number of nitrogens with zero attached hydrogens (tertiary/aromatic N) is 5. The van der Waals surface area contributed by atoms with Crippen LogP contribution in [0.5, 0.6) is 0 Å². The summed E-state index contributed by atoms with van der Waals surface area (Å²) in [7, 11) is 0. The topological polar surface area (TPSA) is 73.1 Å². The van der Waals surface area contributed by atoms with E-state index in [1.807, 2.05) is 13.8 Å². The van der Waals surface area contributed by atoms with Crippen LogP contribution in [0.2, 0.25) is 0 Å². The first-order chi connectivity index (χ1) is 12.1. The van der Waals surface area contributed by atoms with E-state index in [0.29, 0.717) is 29.9 Å². The highest BCUT2D eigenvalue weighted by Crippen LogP contribution is 2.31. The number of fused-ring (bicyclic) bond motifs is 1. The van der Waals surface area contributed by atoms with Gasteiger partial charge in [-0.25, -0.2) is 14.5 Å². The van der Waals surface area contributed by atoms with Crippen molar-refractivity contribution < 1.29 is 9.53 Å². The van der Waals surface area contributed by atoms with Crippen LogP contribution >= 0.6 is 0 Å². The zero-order valence-electron chi connectivity index (χ0n) is 15.6. The summed E-state index contributed by atoms with van der Waals surface area (Å²) in [6, 6.07) is 0. The van der Waals surface area contributed by atoms with Gasteiger partial charge in [0, 0.05) is 19.6 Å². The Morgan fingerprint density at radius 1 is 1.24 bits per heavy atom. The Morgan fingerprint density at radius 2 is 1.96 bits per heavy atom. The molecule has 7 nitrogen and oxygen atoms in total. The van der Waals surface area contributed by atoms with E-state index in [0.717, 1.165) is 30.3 Å². The van der Waals surface area contributed by atoms with Gasteiger partial charge in [-0.05, 0) is 39.5 Å². The average molecular weight is 345 g/mol. The zero-order valence-corrected chi connectivity index (χ0v) is 15.6. The first-order valence-corrected chi connectivity index (χ1v) is 9.26. The number of aryl methyl sites for hydroxylation is 2. The second-order valence-corrected chi connectivity index (χ2v) is 6.56. The maximum Gasteiger partial charge on any atom is 0.342 e. The van der Waals surface area contributed by atoms with Gasteiger partial charge in [0.25, 0.3) is 0 Å². The molecule has 1 aliphatic rings. The highest BCUT2D eigenvalue weighted by Gasteiger charge is 2.27. The van der Waals surface area contributed by atoms with E-state index in [9.17, 15) is 4.79 Å². The van der Waals surface area contributed by atoms with Gasteiger partial charge < -0.3 is 9.64 Å². The van der Waals surface area contributed by atoms with Crippen molar-refractivity contribution in [1.29, 1.82) is 0 Å². The molecule has 2 aromatic rings. The molecule has 0 spiro atoms. The number of pyridine rings is 1. The summed E-state index contributed by atoms with van der Waals surface area (Å²) in [5.41, 5.74) is 2.60. The summed E-state index contributed by atoms with van der Waals surface area (Å²) in [5.74, 6) is 1.28. The lowest BCUT2D eigenvalue weighted by molar-refractivity contribution is 0.0527. The summed E-state index contributed by atoms with van der Waals surface area (Å²) in [6.45, 7) is 10.8. The minimum Gasteiger partial charge on any atom is -0.462 e. The second kappa shape index (κ2) is 7.37. The molecule has 7 heteroatoms. The third kappa shape index (κ3) is 3.19. The molecular weight excluding hydrogens is 318 g/mol. The molecule has 1 saturated heterocycles. The average Bonchev–Trinajstić information content (AvgIpc) is 3.05. The van der Waals surface area contributed by atoms with Crippen LogP contribution in [0, 0.1) is 12.8 Å². The molecule has 136 valence electrons. The molecule has 3 rings (SSSR count). The van der Waals surface area contributed by atoms with E-state index in [1.165, 1.54) is 19.3 Å². The SMILES string of the molecule is CCOC(=O)c1c(C)nc(N2CCC(CC)CC2)c2nnn(CC)c12. The number of anilines is 1. The largest absolute Gasteiger partial charge is 0.462 e. The summed E-state index contributed by atoms with van der Waals surface area (Å²) < 4.78 is 7.00. The number of carbonyl (C=O) groups excluding carboxylic acids is 1. The van der Waals surface area contributed by atoms with Gasteiger partial charge in [0.05, 0.1) is 12.3 Å². The van der Waals surface area contributed by atoms with Crippen LogP contribution in [0.1, 0.15) is 56.1 Å². The van der Waals surface area contributed by atoms with E-state index < -0.39 is 0 Å². The van der Waals surface area contributed by atoms with Crippen LogP contribution in [0.15, 0.2) is 0 Å². The van der Waals surface area contributed by atoms with Crippen LogP contribution < -0.4 is 4.90 Å². The normalized spacial score (nSPS) is 15.8. The molecule has 0 amide bonds. The summed E-state index contributed by atoms with van der Waals surface area (Å²) in [5, 5.41) is 8.59. The van der Waals surface area contributed by atoms with E-state index in [2.05, 4.69) is 22.1 Å². The van der Waals surface area contributed by atoms with Crippen molar-refractivity contribution in [2.75, 3.05) is 24.6 Å². The van der Waals surface area contributed by atoms with E-state index in [1.54, 1.807) is 11.6 Å². The maximum atomic E-state index is 12.5. The smallest absolute Gasteiger partial charge is 0.342 e. The van der Waals surface area contributed by atoms with Gasteiger partial charge in [-0.1, -0.05) is 18.6 Å². The second-order valence-electron chi connectivity index (χ2n) is 6.56. The van der Waals surface area contributed by atoms with Crippen LogP contribution in [0.25, 0.3) is 11.0 Å². The predicted octanol–water partition coefficient (Wildman–Crippen LogP) is 2.96. The number of aromatic nitrogens is 4. The van der Waals surface area contributed by atoms with Gasteiger partial charge in [0.2, 0.25) is 0 Å². The Hall–Kier alpha value is -2.18. The van der Waals surface area contributed by atoms with Gasteiger partial charge in [0.15, 0.2) is 11.3 Å². The molecule has 0 unspecified atom stereocenters. The van der Waals surface area contributed by atoms with Crippen molar-refractivity contribution in [1.82, 2.24) is 20.0 Å². The minimum atomic E-state index is -0.356. The third-order valence-electron chi connectivity index (χ3n) is 5.09. The predicted molar refractivity (Wildman–Crippen MR) is 96.9 cm³/mol. The van der Waals surface area contributed by atoms with Crippen LogP contribution in [0.4, 0.5) is 5.82 Å². The number of ether oxygens (including phenoxy) is 1. The van der Waals surface area contributed by atoms with Crippen LogP contribution in [0.3, 0.4) is 0 Å². The molecule has 3 heterocycles. The molecular formula is C18H27N5O2. The van der Waals surface area contributed by atoms with Crippen molar-refractivity contribution in [2.24, 2.45) is 5.92 Å². The van der Waals surface area contributed by atoms with E-state index in [4.69, 9.17) is 9.72 Å². The number of carbonyl (C=O) groups is 1. The molecule has 25 heavy (non-hydrogen) atoms. The molecule has 2 aromatic heterocycles. The van der Waals surface area contributed by atoms with Gasteiger partial charge in [0.1, 0.15) is 11.1 Å². The maximum absolute atomic E-state index is 12.5. The quantitative estimate of drug-likeness (QED) is 0.776. The number of rotatable bonds is 5. The highest BCUT2D eigenvalue weighted by atomic mass is 16.5. The highest BCUT2D eigenvalue weighted by molar-refractivity contribution is 6.05. The molecule has 0 aliphatic carbocycles. The Morgan fingerprint density at radius 3 is 2.56 bits per heavy atom. The Bertz CT molecular complexity index is 762. The summed E-state index contributed by atoms with van der Waals surface area (Å²) in [6.07, 6.45) is 3.56. The van der Waals surface area contributed by atoms with E-state index >= 15 is 0 Å². The van der Waals surface area contributed by atoms with Crippen molar-refractivity contribution in [3.05, 3.63) is 11.3 Å². The molecule has 0 aromatic carbocycles. The standard InChI is InChI=1S/C18H27N5O2/c1-5-13-8-10-22(11-9-13)17-15-16(23(6-2)21-20-15)14(12(4)19-17)18(24)25-7-3/h13H,5-11H2,1-4H3. The van der Waals surface area contributed by atoms with Crippen LogP contribution in [-0.2, 0) is 11.3 Å². The fourth-order valence-electron chi connectivity index (χ4n) is 3.59. The lowest BCUT2D eigenvalue weighted by atomic mass is 9.94. The Balaban J connectivity index is 2.08. The Kier molecular flexibility index (Phi) is 5.20. The van der Waals surface area contributed by atoms with E-state index in [-0.39, 0.29) is 5.97 Å². The summed E-state index contributed by atoms with van der Waals surface area (Å²) in [4.78, 5) is 19.5. The van der Waals surface area contributed by atoms with Gasteiger partial charge in [-0.15, -0.1) is 5.10 Å².